The second-order valence-corrected chi connectivity index (χ2v) is 4.68. The fourth-order valence-electron chi connectivity index (χ4n) is 1.89. The van der Waals surface area contributed by atoms with Crippen molar-refractivity contribution in [1.29, 1.82) is 0 Å². The fourth-order valence-corrected chi connectivity index (χ4v) is 1.89. The second kappa shape index (κ2) is 7.21. The molecule has 18 heavy (non-hydrogen) atoms. The van der Waals surface area contributed by atoms with Gasteiger partial charge in [0.15, 0.2) is 0 Å². The zero-order valence-corrected chi connectivity index (χ0v) is 11.7. The van der Waals surface area contributed by atoms with Gasteiger partial charge >= 0.3 is 0 Å². The number of hydrogen-bond acceptors (Lipinski definition) is 4. The number of anilines is 2. The molecule has 0 saturated carbocycles. The van der Waals surface area contributed by atoms with Crippen LogP contribution in [0.1, 0.15) is 33.6 Å². The van der Waals surface area contributed by atoms with Crippen LogP contribution in [0.25, 0.3) is 0 Å². The number of nitrogens with one attached hydrogen (secondary N) is 2. The standard InChI is InChI=1S/C14H25N3O/c1-4-14(5-2,11-18)10-17-12-7-8-16-13(9-12)15-6-3/h7-9,18H,4-6,10-11H2,1-3H3,(H2,15,16,17). The van der Waals surface area contributed by atoms with Gasteiger partial charge in [-0.05, 0) is 25.8 Å². The third-order valence-corrected chi connectivity index (χ3v) is 3.62. The van der Waals surface area contributed by atoms with E-state index in [9.17, 15) is 5.11 Å². The Balaban J connectivity index is 2.64. The summed E-state index contributed by atoms with van der Waals surface area (Å²) in [6.45, 7) is 8.16. The summed E-state index contributed by atoms with van der Waals surface area (Å²) in [5.74, 6) is 0.880. The highest BCUT2D eigenvalue weighted by Crippen LogP contribution is 2.26. The summed E-state index contributed by atoms with van der Waals surface area (Å²) >= 11 is 0. The van der Waals surface area contributed by atoms with Crippen molar-refractivity contribution in [2.45, 2.75) is 33.6 Å². The highest BCUT2D eigenvalue weighted by Gasteiger charge is 2.24. The van der Waals surface area contributed by atoms with Gasteiger partial charge in [-0.1, -0.05) is 13.8 Å². The van der Waals surface area contributed by atoms with Gasteiger partial charge in [0.05, 0.1) is 6.61 Å². The fraction of sp³-hybridized carbons (Fsp3) is 0.643. The number of aliphatic hydroxyl groups is 1. The molecule has 3 N–H and O–H groups in total. The van der Waals surface area contributed by atoms with Crippen LogP contribution < -0.4 is 10.6 Å². The van der Waals surface area contributed by atoms with Crippen molar-refractivity contribution >= 4 is 11.5 Å². The van der Waals surface area contributed by atoms with Crippen LogP contribution in [-0.4, -0.2) is 29.8 Å². The SMILES string of the molecule is CCNc1cc(NCC(CC)(CC)CO)ccn1. The highest BCUT2D eigenvalue weighted by atomic mass is 16.3. The van der Waals surface area contributed by atoms with Crippen LogP contribution in [0.3, 0.4) is 0 Å². The number of rotatable bonds is 8. The van der Waals surface area contributed by atoms with Gasteiger partial charge in [0.1, 0.15) is 5.82 Å². The van der Waals surface area contributed by atoms with Crippen molar-refractivity contribution in [1.82, 2.24) is 4.98 Å². The first-order valence-corrected chi connectivity index (χ1v) is 6.74. The van der Waals surface area contributed by atoms with Crippen LogP contribution >= 0.6 is 0 Å². The summed E-state index contributed by atoms with van der Waals surface area (Å²) in [5, 5.41) is 16.1. The Morgan fingerprint density at radius 2 is 1.94 bits per heavy atom. The summed E-state index contributed by atoms with van der Waals surface area (Å²) in [5.41, 5.74) is 1.02. The second-order valence-electron chi connectivity index (χ2n) is 4.68. The topological polar surface area (TPSA) is 57.2 Å². The lowest BCUT2D eigenvalue weighted by molar-refractivity contribution is 0.127. The molecule has 0 spiro atoms. The Kier molecular flexibility index (Phi) is 5.92. The molecule has 0 aliphatic rings. The Morgan fingerprint density at radius 3 is 2.50 bits per heavy atom. The third-order valence-electron chi connectivity index (χ3n) is 3.62. The van der Waals surface area contributed by atoms with Crippen molar-refractivity contribution in [3.63, 3.8) is 0 Å². The smallest absolute Gasteiger partial charge is 0.127 e. The first kappa shape index (κ1) is 14.8. The molecule has 1 aromatic heterocycles. The van der Waals surface area contributed by atoms with E-state index in [1.807, 2.05) is 19.1 Å². The molecule has 0 atom stereocenters. The molecule has 0 bridgehead atoms. The zero-order valence-electron chi connectivity index (χ0n) is 11.7. The molecule has 1 aromatic rings. The van der Waals surface area contributed by atoms with Gasteiger partial charge in [0.25, 0.3) is 0 Å². The number of pyridine rings is 1. The van der Waals surface area contributed by atoms with Crippen LogP contribution in [0.15, 0.2) is 18.3 Å². The summed E-state index contributed by atoms with van der Waals surface area (Å²) < 4.78 is 0. The van der Waals surface area contributed by atoms with E-state index in [2.05, 4.69) is 29.5 Å². The highest BCUT2D eigenvalue weighted by molar-refractivity contribution is 5.51. The zero-order chi connectivity index (χ0) is 13.4. The molecular weight excluding hydrogens is 226 g/mol. The van der Waals surface area contributed by atoms with E-state index in [1.165, 1.54) is 0 Å². The molecule has 0 fully saturated rings. The average molecular weight is 251 g/mol. The molecule has 0 radical (unpaired) electrons. The molecule has 1 rings (SSSR count). The van der Waals surface area contributed by atoms with E-state index in [0.717, 1.165) is 37.4 Å². The van der Waals surface area contributed by atoms with E-state index in [0.29, 0.717) is 0 Å². The largest absolute Gasteiger partial charge is 0.396 e. The predicted octanol–water partition coefficient (Wildman–Crippen LogP) is 2.72. The molecule has 102 valence electrons. The first-order valence-electron chi connectivity index (χ1n) is 6.74. The average Bonchev–Trinajstić information content (AvgIpc) is 2.42. The molecule has 4 heteroatoms. The van der Waals surface area contributed by atoms with Crippen molar-refractivity contribution in [2.24, 2.45) is 5.41 Å². The van der Waals surface area contributed by atoms with Gasteiger partial charge in [-0.3, -0.25) is 0 Å². The molecule has 0 aliphatic carbocycles. The summed E-state index contributed by atoms with van der Waals surface area (Å²) in [6, 6.07) is 3.95. The van der Waals surface area contributed by atoms with Crippen molar-refractivity contribution < 1.29 is 5.11 Å². The minimum atomic E-state index is -0.0262. The van der Waals surface area contributed by atoms with Gasteiger partial charge in [0.2, 0.25) is 0 Å². The minimum Gasteiger partial charge on any atom is -0.396 e. The minimum absolute atomic E-state index is 0.0262. The van der Waals surface area contributed by atoms with Crippen LogP contribution in [-0.2, 0) is 0 Å². The van der Waals surface area contributed by atoms with Gasteiger partial charge < -0.3 is 15.7 Å². The molecule has 0 aliphatic heterocycles. The molecule has 4 nitrogen and oxygen atoms in total. The van der Waals surface area contributed by atoms with Crippen LogP contribution in [0, 0.1) is 5.41 Å². The normalized spacial score (nSPS) is 11.3. The summed E-state index contributed by atoms with van der Waals surface area (Å²) in [4.78, 5) is 4.23. The van der Waals surface area contributed by atoms with Gasteiger partial charge in [-0.2, -0.15) is 0 Å². The van der Waals surface area contributed by atoms with Crippen LogP contribution in [0.4, 0.5) is 11.5 Å². The van der Waals surface area contributed by atoms with E-state index in [1.54, 1.807) is 6.20 Å². The van der Waals surface area contributed by atoms with Gasteiger partial charge in [-0.15, -0.1) is 0 Å². The molecule has 1 heterocycles. The van der Waals surface area contributed by atoms with E-state index in [4.69, 9.17) is 0 Å². The van der Waals surface area contributed by atoms with Crippen molar-refractivity contribution in [3.05, 3.63) is 18.3 Å². The lowest BCUT2D eigenvalue weighted by atomic mass is 9.83. The van der Waals surface area contributed by atoms with E-state index in [-0.39, 0.29) is 12.0 Å². The molecule has 0 unspecified atom stereocenters. The molecule has 0 aromatic carbocycles. The summed E-state index contributed by atoms with van der Waals surface area (Å²) in [7, 11) is 0. The third kappa shape index (κ3) is 3.88. The maximum absolute atomic E-state index is 9.53. The number of nitrogens with zero attached hydrogens (tertiary/aromatic N) is 1. The monoisotopic (exact) mass is 251 g/mol. The van der Waals surface area contributed by atoms with Crippen molar-refractivity contribution in [2.75, 3.05) is 30.3 Å². The lowest BCUT2D eigenvalue weighted by Crippen LogP contribution is -2.32. The van der Waals surface area contributed by atoms with Gasteiger partial charge in [0, 0.05) is 36.5 Å². The maximum Gasteiger partial charge on any atom is 0.127 e. The quantitative estimate of drug-likeness (QED) is 0.665. The predicted molar refractivity (Wildman–Crippen MR) is 77.0 cm³/mol. The van der Waals surface area contributed by atoms with Crippen LogP contribution in [0.5, 0.6) is 0 Å². The maximum atomic E-state index is 9.53. The Morgan fingerprint density at radius 1 is 1.22 bits per heavy atom. The lowest BCUT2D eigenvalue weighted by Gasteiger charge is -2.30. The van der Waals surface area contributed by atoms with E-state index >= 15 is 0 Å². The molecule has 0 saturated heterocycles. The Hall–Kier alpha value is -1.29. The number of aromatic nitrogens is 1. The summed E-state index contributed by atoms with van der Waals surface area (Å²) in [6.07, 6.45) is 3.73. The Labute approximate surface area is 110 Å². The van der Waals surface area contributed by atoms with Crippen LogP contribution in [0.2, 0.25) is 0 Å². The molecular formula is C14H25N3O. The number of hydrogen-bond donors (Lipinski definition) is 3. The van der Waals surface area contributed by atoms with E-state index < -0.39 is 0 Å². The Bertz CT molecular complexity index is 342. The molecule has 0 amide bonds. The first-order chi connectivity index (χ1) is 8.69. The van der Waals surface area contributed by atoms with Gasteiger partial charge in [-0.25, -0.2) is 4.98 Å². The van der Waals surface area contributed by atoms with Crippen molar-refractivity contribution in [3.8, 4) is 0 Å². The number of aliphatic hydroxyl groups excluding tert-OH is 1.